The zero-order valence-electron chi connectivity index (χ0n) is 7.75. The molecule has 72 valence electrons. The molecule has 1 aromatic rings. The molecule has 1 saturated heterocycles. The number of aryl methyl sites for hydroxylation is 1. The summed E-state index contributed by atoms with van der Waals surface area (Å²) >= 11 is 1.57. The Kier molecular flexibility index (Phi) is 2.51. The number of hydrogen-bond donors (Lipinski definition) is 1. The second-order valence-corrected chi connectivity index (χ2v) is 4.63. The van der Waals surface area contributed by atoms with Crippen molar-refractivity contribution < 1.29 is 4.74 Å². The molecule has 0 amide bonds. The second-order valence-electron chi connectivity index (χ2n) is 3.40. The van der Waals surface area contributed by atoms with Gasteiger partial charge in [0.15, 0.2) is 0 Å². The van der Waals surface area contributed by atoms with Gasteiger partial charge < -0.3 is 10.5 Å². The molecule has 0 aliphatic carbocycles. The van der Waals surface area contributed by atoms with E-state index in [-0.39, 0.29) is 0 Å². The predicted molar refractivity (Wildman–Crippen MR) is 54.1 cm³/mol. The topological polar surface area (TPSA) is 48.1 Å². The average Bonchev–Trinajstić information content (AvgIpc) is 2.47. The number of nitrogen functional groups attached to an aromatic ring is 1. The van der Waals surface area contributed by atoms with Crippen LogP contribution in [0, 0.1) is 6.92 Å². The van der Waals surface area contributed by atoms with Crippen LogP contribution in [0.15, 0.2) is 0 Å². The Bertz CT molecular complexity index is 292. The van der Waals surface area contributed by atoms with E-state index in [9.17, 15) is 0 Å². The minimum Gasteiger partial charge on any atom is -0.389 e. The summed E-state index contributed by atoms with van der Waals surface area (Å²) in [6.07, 6.45) is 2.29. The summed E-state index contributed by atoms with van der Waals surface area (Å²) in [5, 5.41) is 1.92. The fraction of sp³-hybridized carbons (Fsp3) is 0.667. The van der Waals surface area contributed by atoms with E-state index in [2.05, 4.69) is 4.98 Å². The van der Waals surface area contributed by atoms with Crippen LogP contribution in [0.4, 0.5) is 5.00 Å². The third kappa shape index (κ3) is 1.84. The van der Waals surface area contributed by atoms with Gasteiger partial charge in [-0.2, -0.15) is 0 Å². The molecule has 1 aliphatic heterocycles. The first-order valence-electron chi connectivity index (χ1n) is 4.58. The van der Waals surface area contributed by atoms with E-state index in [1.54, 1.807) is 11.3 Å². The number of thiazole rings is 1. The molecule has 0 spiro atoms. The van der Waals surface area contributed by atoms with Crippen LogP contribution in [-0.2, 0) is 4.74 Å². The number of aromatic nitrogens is 1. The molecule has 1 aliphatic rings. The van der Waals surface area contributed by atoms with Crippen LogP contribution >= 0.6 is 11.3 Å². The van der Waals surface area contributed by atoms with Crippen molar-refractivity contribution in [3.63, 3.8) is 0 Å². The van der Waals surface area contributed by atoms with Gasteiger partial charge in [0.05, 0.1) is 17.3 Å². The molecule has 1 atom stereocenters. The van der Waals surface area contributed by atoms with Crippen LogP contribution in [0.5, 0.6) is 0 Å². The zero-order chi connectivity index (χ0) is 9.26. The second kappa shape index (κ2) is 3.64. The highest BCUT2D eigenvalue weighted by atomic mass is 32.1. The first-order valence-corrected chi connectivity index (χ1v) is 5.39. The fourth-order valence-corrected chi connectivity index (χ4v) is 2.49. The molecule has 1 aromatic heterocycles. The molecule has 2 heterocycles. The molecule has 0 saturated carbocycles. The van der Waals surface area contributed by atoms with Gasteiger partial charge in [-0.15, -0.1) is 11.3 Å². The van der Waals surface area contributed by atoms with Crippen molar-refractivity contribution in [1.29, 1.82) is 0 Å². The largest absolute Gasteiger partial charge is 0.389 e. The van der Waals surface area contributed by atoms with Gasteiger partial charge in [0.1, 0.15) is 5.00 Å². The van der Waals surface area contributed by atoms with Crippen molar-refractivity contribution in [1.82, 2.24) is 4.98 Å². The normalized spacial score (nSPS) is 23.3. The predicted octanol–water partition coefficient (Wildman–Crippen LogP) is 1.93. The van der Waals surface area contributed by atoms with Crippen LogP contribution in [0.3, 0.4) is 0 Å². The van der Waals surface area contributed by atoms with E-state index in [1.807, 2.05) is 6.92 Å². The van der Waals surface area contributed by atoms with Gasteiger partial charge in [0, 0.05) is 12.5 Å². The van der Waals surface area contributed by atoms with Gasteiger partial charge in [-0.25, -0.2) is 4.98 Å². The summed E-state index contributed by atoms with van der Waals surface area (Å²) < 4.78 is 5.41. The highest BCUT2D eigenvalue weighted by Crippen LogP contribution is 2.32. The maximum absolute atomic E-state index is 5.87. The van der Waals surface area contributed by atoms with Crippen LogP contribution in [0.2, 0.25) is 0 Å². The SMILES string of the molecule is Cc1nc(C2CCCOC2)c(N)s1. The Hall–Kier alpha value is -0.610. The lowest BCUT2D eigenvalue weighted by Gasteiger charge is -2.20. The Morgan fingerprint density at radius 3 is 3.00 bits per heavy atom. The van der Waals surface area contributed by atoms with Crippen molar-refractivity contribution in [3.05, 3.63) is 10.7 Å². The number of rotatable bonds is 1. The first kappa shape index (κ1) is 8.97. The highest BCUT2D eigenvalue weighted by Gasteiger charge is 2.21. The quantitative estimate of drug-likeness (QED) is 0.750. The summed E-state index contributed by atoms with van der Waals surface area (Å²) in [5.74, 6) is 0.429. The molecule has 4 heteroatoms. The number of hydrogen-bond acceptors (Lipinski definition) is 4. The molecule has 3 nitrogen and oxygen atoms in total. The van der Waals surface area contributed by atoms with Crippen LogP contribution in [-0.4, -0.2) is 18.2 Å². The zero-order valence-corrected chi connectivity index (χ0v) is 8.56. The Labute approximate surface area is 81.9 Å². The maximum atomic E-state index is 5.87. The molecular weight excluding hydrogens is 184 g/mol. The third-order valence-electron chi connectivity index (χ3n) is 2.34. The Balaban J connectivity index is 2.18. The Morgan fingerprint density at radius 1 is 1.62 bits per heavy atom. The van der Waals surface area contributed by atoms with Gasteiger partial charge in [0.25, 0.3) is 0 Å². The van der Waals surface area contributed by atoms with Gasteiger partial charge in [-0.05, 0) is 19.8 Å². The standard InChI is InChI=1S/C9H14N2OS/c1-6-11-8(9(10)13-6)7-3-2-4-12-5-7/h7H,2-5,10H2,1H3. The fourth-order valence-electron chi connectivity index (χ4n) is 1.71. The summed E-state index contributed by atoms with van der Waals surface area (Å²) in [4.78, 5) is 4.45. The van der Waals surface area contributed by atoms with Crippen molar-refractivity contribution in [3.8, 4) is 0 Å². The Morgan fingerprint density at radius 2 is 2.46 bits per heavy atom. The molecule has 1 fully saturated rings. The molecule has 1 unspecified atom stereocenters. The van der Waals surface area contributed by atoms with Gasteiger partial charge in [0.2, 0.25) is 0 Å². The van der Waals surface area contributed by atoms with Crippen LogP contribution in [0.1, 0.15) is 29.5 Å². The van der Waals surface area contributed by atoms with E-state index in [4.69, 9.17) is 10.5 Å². The van der Waals surface area contributed by atoms with Crippen LogP contribution < -0.4 is 5.73 Å². The number of nitrogens with two attached hydrogens (primary N) is 1. The van der Waals surface area contributed by atoms with E-state index < -0.39 is 0 Å². The van der Waals surface area contributed by atoms with E-state index in [1.165, 1.54) is 0 Å². The van der Waals surface area contributed by atoms with Crippen molar-refractivity contribution in [2.75, 3.05) is 18.9 Å². The monoisotopic (exact) mass is 198 g/mol. The molecule has 0 bridgehead atoms. The van der Waals surface area contributed by atoms with E-state index in [0.29, 0.717) is 5.92 Å². The van der Waals surface area contributed by atoms with Gasteiger partial charge >= 0.3 is 0 Å². The van der Waals surface area contributed by atoms with Crippen molar-refractivity contribution in [2.24, 2.45) is 0 Å². The lowest BCUT2D eigenvalue weighted by Crippen LogP contribution is -2.16. The van der Waals surface area contributed by atoms with E-state index in [0.717, 1.165) is 41.8 Å². The summed E-state index contributed by atoms with van der Waals surface area (Å²) in [7, 11) is 0. The van der Waals surface area contributed by atoms with Gasteiger partial charge in [-0.1, -0.05) is 0 Å². The number of anilines is 1. The average molecular weight is 198 g/mol. The molecule has 0 aromatic carbocycles. The smallest absolute Gasteiger partial charge is 0.110 e. The summed E-state index contributed by atoms with van der Waals surface area (Å²) in [6, 6.07) is 0. The first-order chi connectivity index (χ1) is 6.27. The lowest BCUT2D eigenvalue weighted by molar-refractivity contribution is 0.0796. The number of nitrogens with zero attached hydrogens (tertiary/aromatic N) is 1. The molecule has 2 N–H and O–H groups in total. The maximum Gasteiger partial charge on any atom is 0.110 e. The lowest BCUT2D eigenvalue weighted by atomic mass is 9.99. The van der Waals surface area contributed by atoms with E-state index >= 15 is 0 Å². The summed E-state index contributed by atoms with van der Waals surface area (Å²) in [5.41, 5.74) is 6.93. The van der Waals surface area contributed by atoms with Crippen LogP contribution in [0.25, 0.3) is 0 Å². The molecule has 0 radical (unpaired) electrons. The molecule has 2 rings (SSSR count). The third-order valence-corrected chi connectivity index (χ3v) is 3.15. The van der Waals surface area contributed by atoms with Crippen molar-refractivity contribution >= 4 is 16.3 Å². The van der Waals surface area contributed by atoms with Gasteiger partial charge in [-0.3, -0.25) is 0 Å². The summed E-state index contributed by atoms with van der Waals surface area (Å²) in [6.45, 7) is 3.67. The highest BCUT2D eigenvalue weighted by molar-refractivity contribution is 7.15. The minimum atomic E-state index is 0.429. The van der Waals surface area contributed by atoms with Crippen molar-refractivity contribution in [2.45, 2.75) is 25.7 Å². The minimum absolute atomic E-state index is 0.429. The molecule has 13 heavy (non-hydrogen) atoms. The number of ether oxygens (including phenoxy) is 1. The molecular formula is C9H14N2OS.